The predicted octanol–water partition coefficient (Wildman–Crippen LogP) is 0.187. The van der Waals surface area contributed by atoms with Crippen molar-refractivity contribution in [3.8, 4) is 0 Å². The zero-order valence-corrected chi connectivity index (χ0v) is 9.28. The van der Waals surface area contributed by atoms with E-state index in [2.05, 4.69) is 10.1 Å². The summed E-state index contributed by atoms with van der Waals surface area (Å²) in [5.41, 5.74) is 0. The van der Waals surface area contributed by atoms with E-state index < -0.39 is 17.0 Å². The van der Waals surface area contributed by atoms with E-state index in [-0.39, 0.29) is 13.2 Å². The van der Waals surface area contributed by atoms with Crippen LogP contribution in [0.15, 0.2) is 6.33 Å². The van der Waals surface area contributed by atoms with Crippen molar-refractivity contribution >= 4 is 5.95 Å². The first-order valence-corrected chi connectivity index (χ1v) is 4.88. The molecule has 0 aliphatic carbocycles. The molecule has 0 amide bonds. The van der Waals surface area contributed by atoms with E-state index in [0.29, 0.717) is 13.2 Å². The third-order valence-corrected chi connectivity index (χ3v) is 1.80. The van der Waals surface area contributed by atoms with Gasteiger partial charge in [-0.25, -0.2) is 4.39 Å². The molecule has 1 unspecified atom stereocenters. The Morgan fingerprint density at radius 3 is 3.00 bits per heavy atom. The molecule has 17 heavy (non-hydrogen) atoms. The Morgan fingerprint density at radius 1 is 1.65 bits per heavy atom. The molecule has 0 spiro atoms. The van der Waals surface area contributed by atoms with Crippen LogP contribution in [0.25, 0.3) is 0 Å². The number of rotatable bonds is 8. The molecule has 0 bridgehead atoms. The van der Waals surface area contributed by atoms with E-state index in [0.717, 1.165) is 11.0 Å². The molecule has 1 rings (SSSR count). The van der Waals surface area contributed by atoms with Crippen LogP contribution in [0, 0.1) is 10.1 Å². The van der Waals surface area contributed by atoms with E-state index in [4.69, 9.17) is 9.47 Å². The first-order chi connectivity index (χ1) is 8.13. The lowest BCUT2D eigenvalue weighted by Crippen LogP contribution is -2.19. The van der Waals surface area contributed by atoms with Crippen molar-refractivity contribution in [3.63, 3.8) is 0 Å². The Hall–Kier alpha value is -1.61. The highest BCUT2D eigenvalue weighted by Gasteiger charge is 2.16. The molecule has 1 atom stereocenters. The number of hydrogen-bond donors (Lipinski definition) is 0. The van der Waals surface area contributed by atoms with E-state index in [1.807, 2.05) is 0 Å². The van der Waals surface area contributed by atoms with Gasteiger partial charge >= 0.3 is 5.95 Å². The van der Waals surface area contributed by atoms with Crippen LogP contribution in [0.2, 0.25) is 0 Å². The minimum Gasteiger partial charge on any atom is -0.390 e. The largest absolute Gasteiger partial charge is 0.490 e. The second kappa shape index (κ2) is 6.86. The molecule has 1 aromatic heterocycles. The van der Waals surface area contributed by atoms with Gasteiger partial charge in [0.1, 0.15) is 6.17 Å². The van der Waals surface area contributed by atoms with Crippen LogP contribution in [-0.4, -0.2) is 52.8 Å². The van der Waals surface area contributed by atoms with Crippen molar-refractivity contribution < 1.29 is 18.8 Å². The number of alkyl halides is 1. The molecule has 0 fully saturated rings. The van der Waals surface area contributed by atoms with Gasteiger partial charge in [-0.05, 0) is 4.92 Å². The quantitative estimate of drug-likeness (QED) is 0.370. The van der Waals surface area contributed by atoms with Crippen molar-refractivity contribution in [1.82, 2.24) is 14.8 Å². The lowest BCUT2D eigenvalue weighted by molar-refractivity contribution is -0.394. The van der Waals surface area contributed by atoms with Crippen molar-refractivity contribution in [2.45, 2.75) is 12.7 Å². The molecule has 1 heterocycles. The Kier molecular flexibility index (Phi) is 5.43. The highest BCUT2D eigenvalue weighted by Crippen LogP contribution is 2.02. The lowest BCUT2D eigenvalue weighted by Gasteiger charge is -2.06. The zero-order valence-electron chi connectivity index (χ0n) is 9.28. The number of ether oxygens (including phenoxy) is 2. The van der Waals surface area contributed by atoms with Gasteiger partial charge < -0.3 is 19.6 Å². The standard InChI is InChI=1S/C8H13FN4O4/c1-16-2-3-17-5-7(9)4-12-6-10-8(11-12)13(14)15/h6-7H,2-5H2,1H3. The average Bonchev–Trinajstić information content (AvgIpc) is 2.73. The minimum absolute atomic E-state index is 0.114. The molecule has 0 aromatic carbocycles. The first kappa shape index (κ1) is 13.5. The molecular weight excluding hydrogens is 235 g/mol. The molecule has 8 nitrogen and oxygen atoms in total. The molecule has 0 N–H and O–H groups in total. The van der Waals surface area contributed by atoms with E-state index >= 15 is 0 Å². The molecule has 96 valence electrons. The van der Waals surface area contributed by atoms with Crippen LogP contribution in [-0.2, 0) is 16.0 Å². The summed E-state index contributed by atoms with van der Waals surface area (Å²) in [7, 11) is 1.52. The summed E-state index contributed by atoms with van der Waals surface area (Å²) >= 11 is 0. The fourth-order valence-electron chi connectivity index (χ4n) is 1.07. The van der Waals surface area contributed by atoms with Crippen molar-refractivity contribution in [2.24, 2.45) is 0 Å². The van der Waals surface area contributed by atoms with Crippen LogP contribution in [0.4, 0.5) is 10.3 Å². The fraction of sp³-hybridized carbons (Fsp3) is 0.750. The molecule has 0 radical (unpaired) electrons. The van der Waals surface area contributed by atoms with Gasteiger partial charge in [-0.15, -0.1) is 0 Å². The summed E-state index contributed by atoms with van der Waals surface area (Å²) < 4.78 is 24.1. The van der Waals surface area contributed by atoms with Crippen molar-refractivity contribution in [2.75, 3.05) is 26.9 Å². The van der Waals surface area contributed by atoms with E-state index in [1.165, 1.54) is 7.11 Å². The minimum atomic E-state index is -1.30. The van der Waals surface area contributed by atoms with Crippen molar-refractivity contribution in [1.29, 1.82) is 0 Å². The summed E-state index contributed by atoms with van der Waals surface area (Å²) in [6.07, 6.45) is -0.187. The predicted molar refractivity (Wildman–Crippen MR) is 54.3 cm³/mol. The summed E-state index contributed by atoms with van der Waals surface area (Å²) in [4.78, 5) is 12.9. The van der Waals surface area contributed by atoms with Gasteiger partial charge in [-0.2, -0.15) is 4.68 Å². The van der Waals surface area contributed by atoms with Crippen LogP contribution >= 0.6 is 0 Å². The number of hydrogen-bond acceptors (Lipinski definition) is 6. The Bertz CT molecular complexity index is 359. The third-order valence-electron chi connectivity index (χ3n) is 1.80. The number of aromatic nitrogens is 3. The first-order valence-electron chi connectivity index (χ1n) is 4.88. The van der Waals surface area contributed by atoms with Gasteiger partial charge in [-0.1, -0.05) is 4.98 Å². The monoisotopic (exact) mass is 248 g/mol. The zero-order chi connectivity index (χ0) is 12.7. The maximum atomic E-state index is 13.3. The average molecular weight is 248 g/mol. The molecule has 1 aromatic rings. The highest BCUT2D eigenvalue weighted by molar-refractivity contribution is 4.96. The third kappa shape index (κ3) is 4.83. The van der Waals surface area contributed by atoms with Gasteiger partial charge in [-0.3, -0.25) is 0 Å². The van der Waals surface area contributed by atoms with Gasteiger partial charge in [0, 0.05) is 12.2 Å². The summed E-state index contributed by atoms with van der Waals surface area (Å²) in [6.45, 7) is 0.445. The molecule has 9 heteroatoms. The van der Waals surface area contributed by atoms with Crippen LogP contribution in [0.5, 0.6) is 0 Å². The summed E-state index contributed by atoms with van der Waals surface area (Å²) in [5.74, 6) is -0.544. The van der Waals surface area contributed by atoms with E-state index in [1.54, 1.807) is 0 Å². The number of methoxy groups -OCH3 is 1. The lowest BCUT2D eigenvalue weighted by atomic mass is 10.4. The van der Waals surface area contributed by atoms with Crippen LogP contribution in [0.3, 0.4) is 0 Å². The molecule has 0 saturated heterocycles. The Morgan fingerprint density at radius 2 is 2.41 bits per heavy atom. The number of halogens is 1. The van der Waals surface area contributed by atoms with Gasteiger partial charge in [0.05, 0.1) is 26.4 Å². The molecule has 0 aliphatic rings. The second-order valence-corrected chi connectivity index (χ2v) is 3.19. The smallest absolute Gasteiger partial charge is 0.390 e. The van der Waals surface area contributed by atoms with Crippen LogP contribution in [0.1, 0.15) is 0 Å². The second-order valence-electron chi connectivity index (χ2n) is 3.19. The molecular formula is C8H13FN4O4. The molecule has 0 aliphatic heterocycles. The van der Waals surface area contributed by atoms with Crippen LogP contribution < -0.4 is 0 Å². The highest BCUT2D eigenvalue weighted by atomic mass is 19.1. The van der Waals surface area contributed by atoms with Gasteiger partial charge in [0.15, 0.2) is 0 Å². The molecule has 0 saturated carbocycles. The van der Waals surface area contributed by atoms with E-state index in [9.17, 15) is 14.5 Å². The Labute approximate surface area is 96.5 Å². The summed E-state index contributed by atoms with van der Waals surface area (Å²) in [5, 5.41) is 13.8. The van der Waals surface area contributed by atoms with Crippen molar-refractivity contribution in [3.05, 3.63) is 16.4 Å². The Balaban J connectivity index is 2.29. The van der Waals surface area contributed by atoms with Gasteiger partial charge in [0.25, 0.3) is 0 Å². The normalized spacial score (nSPS) is 12.6. The topological polar surface area (TPSA) is 92.3 Å². The fourth-order valence-corrected chi connectivity index (χ4v) is 1.07. The maximum absolute atomic E-state index is 13.3. The van der Waals surface area contributed by atoms with Gasteiger partial charge in [0.2, 0.25) is 6.33 Å². The SMILES string of the molecule is COCCOCC(F)Cn1cnc([N+](=O)[O-])n1. The number of nitro groups is 1. The number of nitrogens with zero attached hydrogens (tertiary/aromatic N) is 4. The maximum Gasteiger partial charge on any atom is 0.490 e. The summed E-state index contributed by atoms with van der Waals surface area (Å²) in [6, 6.07) is 0.